The van der Waals surface area contributed by atoms with Crippen molar-refractivity contribution in [3.8, 4) is 5.75 Å². The van der Waals surface area contributed by atoms with Crippen LogP contribution in [-0.4, -0.2) is 37.9 Å². The van der Waals surface area contributed by atoms with Crippen LogP contribution in [0.5, 0.6) is 5.75 Å². The van der Waals surface area contributed by atoms with Gasteiger partial charge in [-0.15, -0.1) is 0 Å². The number of carboxylic acid groups (broad SMARTS) is 1. The van der Waals surface area contributed by atoms with E-state index < -0.39 is 21.3 Å². The molecule has 0 aliphatic rings. The monoisotopic (exact) mass is 315 g/mol. The molecule has 0 saturated carbocycles. The topological polar surface area (TPSA) is 107 Å². The lowest BCUT2D eigenvalue weighted by Crippen LogP contribution is -2.44. The van der Waals surface area contributed by atoms with E-state index in [0.29, 0.717) is 31.6 Å². The van der Waals surface area contributed by atoms with Crippen molar-refractivity contribution in [2.24, 2.45) is 5.73 Å². The van der Waals surface area contributed by atoms with E-state index in [-0.39, 0.29) is 4.90 Å². The fraction of sp³-hybridized carbons (Fsp3) is 0.500. The summed E-state index contributed by atoms with van der Waals surface area (Å²) in [6, 6.07) is 6.28. The first-order valence-electron chi connectivity index (χ1n) is 6.58. The van der Waals surface area contributed by atoms with Crippen LogP contribution in [0.4, 0.5) is 0 Å². The molecule has 0 saturated heterocycles. The van der Waals surface area contributed by atoms with Gasteiger partial charge in [0.05, 0.1) is 11.5 Å². The minimum absolute atomic E-state index is 0.209. The fourth-order valence-electron chi connectivity index (χ4n) is 1.69. The molecule has 1 aromatic carbocycles. The van der Waals surface area contributed by atoms with Crippen molar-refractivity contribution in [2.45, 2.75) is 36.6 Å². The summed E-state index contributed by atoms with van der Waals surface area (Å²) in [4.78, 5) is 11.0. The Hall–Kier alpha value is -1.60. The van der Waals surface area contributed by atoms with E-state index in [1.807, 2.05) is 0 Å². The highest BCUT2D eigenvalue weighted by atomic mass is 32.2. The van der Waals surface area contributed by atoms with Gasteiger partial charge in [-0.3, -0.25) is 4.79 Å². The van der Waals surface area contributed by atoms with Crippen molar-refractivity contribution in [3.63, 3.8) is 0 Å². The summed E-state index contributed by atoms with van der Waals surface area (Å²) in [6.07, 6.45) is 2.75. The minimum Gasteiger partial charge on any atom is -0.494 e. The SMILES string of the molecule is CC(N)(CCCCOc1cccc(S(C)(=O)=O)c1)C(=O)O. The van der Waals surface area contributed by atoms with Gasteiger partial charge in [0.25, 0.3) is 0 Å². The van der Waals surface area contributed by atoms with Gasteiger partial charge in [-0.2, -0.15) is 0 Å². The Kier molecular flexibility index (Phi) is 5.74. The Morgan fingerprint density at radius 3 is 2.62 bits per heavy atom. The molecule has 0 amide bonds. The maximum Gasteiger partial charge on any atom is 0.323 e. The molecular formula is C14H21NO5S. The van der Waals surface area contributed by atoms with E-state index in [1.165, 1.54) is 19.1 Å². The summed E-state index contributed by atoms with van der Waals surface area (Å²) >= 11 is 0. The van der Waals surface area contributed by atoms with E-state index >= 15 is 0 Å². The molecule has 1 unspecified atom stereocenters. The first-order chi connectivity index (χ1) is 9.63. The first kappa shape index (κ1) is 17.5. The molecule has 0 aromatic heterocycles. The van der Waals surface area contributed by atoms with Crippen LogP contribution in [0.1, 0.15) is 26.2 Å². The molecule has 0 spiro atoms. The molecule has 1 atom stereocenters. The van der Waals surface area contributed by atoms with Crippen LogP contribution in [0, 0.1) is 0 Å². The first-order valence-corrected chi connectivity index (χ1v) is 8.47. The maximum absolute atomic E-state index is 11.4. The normalized spacial score (nSPS) is 14.4. The number of hydrogen-bond donors (Lipinski definition) is 2. The predicted molar refractivity (Wildman–Crippen MR) is 79.1 cm³/mol. The minimum atomic E-state index is -3.25. The number of unbranched alkanes of at least 4 members (excludes halogenated alkanes) is 1. The largest absolute Gasteiger partial charge is 0.494 e. The number of sulfone groups is 1. The highest BCUT2D eigenvalue weighted by molar-refractivity contribution is 7.90. The Balaban J connectivity index is 2.42. The molecule has 1 rings (SSSR count). The van der Waals surface area contributed by atoms with Crippen LogP contribution >= 0.6 is 0 Å². The van der Waals surface area contributed by atoms with Crippen LogP contribution in [0.3, 0.4) is 0 Å². The van der Waals surface area contributed by atoms with Crippen LogP contribution in [-0.2, 0) is 14.6 Å². The standard InChI is InChI=1S/C14H21NO5S/c1-14(15,13(16)17)8-3-4-9-20-11-6-5-7-12(10-11)21(2,18)19/h5-7,10H,3-4,8-9,15H2,1-2H3,(H,16,17). The fourth-order valence-corrected chi connectivity index (χ4v) is 2.34. The second kappa shape index (κ2) is 6.91. The van der Waals surface area contributed by atoms with Gasteiger partial charge in [-0.1, -0.05) is 6.07 Å². The molecule has 7 heteroatoms. The van der Waals surface area contributed by atoms with E-state index in [4.69, 9.17) is 15.6 Å². The van der Waals surface area contributed by atoms with Gasteiger partial charge >= 0.3 is 5.97 Å². The van der Waals surface area contributed by atoms with Gasteiger partial charge < -0.3 is 15.6 Å². The highest BCUT2D eigenvalue weighted by Crippen LogP contribution is 2.18. The second-order valence-corrected chi connectivity index (χ2v) is 7.29. The van der Waals surface area contributed by atoms with E-state index in [1.54, 1.807) is 12.1 Å². The van der Waals surface area contributed by atoms with Gasteiger partial charge in [0.1, 0.15) is 11.3 Å². The number of rotatable bonds is 8. The van der Waals surface area contributed by atoms with E-state index in [0.717, 1.165) is 6.26 Å². The quantitative estimate of drug-likeness (QED) is 0.703. The third kappa shape index (κ3) is 5.73. The highest BCUT2D eigenvalue weighted by Gasteiger charge is 2.26. The average Bonchev–Trinajstić information content (AvgIpc) is 2.37. The van der Waals surface area contributed by atoms with Crippen LogP contribution in [0.15, 0.2) is 29.2 Å². The number of ether oxygens (including phenoxy) is 1. The molecule has 21 heavy (non-hydrogen) atoms. The summed E-state index contributed by atoms with van der Waals surface area (Å²) < 4.78 is 28.3. The van der Waals surface area contributed by atoms with Gasteiger partial charge in [0, 0.05) is 6.26 Å². The molecule has 0 bridgehead atoms. The Labute approximate surface area is 124 Å². The third-order valence-electron chi connectivity index (χ3n) is 3.08. The van der Waals surface area contributed by atoms with Crippen LogP contribution < -0.4 is 10.5 Å². The molecule has 0 radical (unpaired) electrons. The summed E-state index contributed by atoms with van der Waals surface area (Å²) in [5.41, 5.74) is 4.39. The predicted octanol–water partition coefficient (Wildman–Crippen LogP) is 1.44. The van der Waals surface area contributed by atoms with Crippen molar-refractivity contribution >= 4 is 15.8 Å². The summed E-state index contributed by atoms with van der Waals surface area (Å²) in [5.74, 6) is -0.545. The lowest BCUT2D eigenvalue weighted by molar-refractivity contribution is -0.142. The van der Waals surface area contributed by atoms with Crippen molar-refractivity contribution < 1.29 is 23.1 Å². The van der Waals surface area contributed by atoms with E-state index in [2.05, 4.69) is 0 Å². The van der Waals surface area contributed by atoms with Crippen LogP contribution in [0.2, 0.25) is 0 Å². The van der Waals surface area contributed by atoms with Gasteiger partial charge in [-0.25, -0.2) is 8.42 Å². The van der Waals surface area contributed by atoms with Gasteiger partial charge in [0.15, 0.2) is 9.84 Å². The molecule has 6 nitrogen and oxygen atoms in total. The van der Waals surface area contributed by atoms with Crippen LogP contribution in [0.25, 0.3) is 0 Å². The molecule has 0 heterocycles. The van der Waals surface area contributed by atoms with Gasteiger partial charge in [0.2, 0.25) is 0 Å². The molecule has 1 aromatic rings. The smallest absolute Gasteiger partial charge is 0.323 e. The number of benzene rings is 1. The summed E-state index contributed by atoms with van der Waals surface area (Å²) in [6.45, 7) is 1.86. The zero-order valence-corrected chi connectivity index (χ0v) is 13.0. The third-order valence-corrected chi connectivity index (χ3v) is 4.19. The number of carboxylic acids is 1. The maximum atomic E-state index is 11.4. The Morgan fingerprint density at radius 2 is 2.05 bits per heavy atom. The lowest BCUT2D eigenvalue weighted by atomic mass is 9.97. The Morgan fingerprint density at radius 1 is 1.38 bits per heavy atom. The number of carbonyl (C=O) groups is 1. The summed E-state index contributed by atoms with van der Waals surface area (Å²) in [5, 5.41) is 8.87. The number of hydrogen-bond acceptors (Lipinski definition) is 5. The van der Waals surface area contributed by atoms with Crippen molar-refractivity contribution in [3.05, 3.63) is 24.3 Å². The van der Waals surface area contributed by atoms with Gasteiger partial charge in [-0.05, 0) is 44.4 Å². The number of aliphatic carboxylic acids is 1. The van der Waals surface area contributed by atoms with Crippen molar-refractivity contribution in [2.75, 3.05) is 12.9 Å². The lowest BCUT2D eigenvalue weighted by Gasteiger charge is -2.18. The van der Waals surface area contributed by atoms with E-state index in [9.17, 15) is 13.2 Å². The molecular weight excluding hydrogens is 294 g/mol. The van der Waals surface area contributed by atoms with Crippen molar-refractivity contribution in [1.29, 1.82) is 0 Å². The molecule has 0 aliphatic heterocycles. The molecule has 118 valence electrons. The molecule has 3 N–H and O–H groups in total. The number of nitrogens with two attached hydrogens (primary N) is 1. The zero-order chi connectivity index (χ0) is 16.1. The van der Waals surface area contributed by atoms with Crippen molar-refractivity contribution in [1.82, 2.24) is 0 Å². The molecule has 0 fully saturated rings. The molecule has 0 aliphatic carbocycles. The summed E-state index contributed by atoms with van der Waals surface area (Å²) in [7, 11) is -3.25. The Bertz CT molecular complexity index is 595. The average molecular weight is 315 g/mol. The zero-order valence-electron chi connectivity index (χ0n) is 12.2. The second-order valence-electron chi connectivity index (χ2n) is 5.28.